The molecule has 0 saturated carbocycles. The molecule has 0 bridgehead atoms. The molecule has 3 heteroatoms. The highest BCUT2D eigenvalue weighted by molar-refractivity contribution is 5.31. The third-order valence-electron chi connectivity index (χ3n) is 3.11. The molecule has 96 valence electrons. The highest BCUT2D eigenvalue weighted by atomic mass is 15.3. The summed E-state index contributed by atoms with van der Waals surface area (Å²) in [5.74, 6) is 0.695. The van der Waals surface area contributed by atoms with E-state index in [9.17, 15) is 0 Å². The van der Waals surface area contributed by atoms with E-state index in [4.69, 9.17) is 5.73 Å². The number of para-hydroxylation sites is 1. The van der Waals surface area contributed by atoms with Crippen molar-refractivity contribution in [1.29, 1.82) is 0 Å². The molecule has 0 aliphatic heterocycles. The number of hydrogen-bond acceptors (Lipinski definition) is 2. The van der Waals surface area contributed by atoms with E-state index in [1.54, 1.807) is 0 Å². The van der Waals surface area contributed by atoms with Gasteiger partial charge in [0.15, 0.2) is 0 Å². The Morgan fingerprint density at radius 2 is 1.89 bits per heavy atom. The van der Waals surface area contributed by atoms with Crippen LogP contribution >= 0.6 is 0 Å². The smallest absolute Gasteiger partial charge is 0.0645 e. The lowest BCUT2D eigenvalue weighted by Crippen LogP contribution is -2.10. The summed E-state index contributed by atoms with van der Waals surface area (Å²) in [5, 5.41) is 4.37. The first kappa shape index (κ1) is 12.8. The van der Waals surface area contributed by atoms with E-state index in [0.717, 1.165) is 24.1 Å². The second-order valence-corrected chi connectivity index (χ2v) is 5.13. The average Bonchev–Trinajstić information content (AvgIpc) is 2.86. The summed E-state index contributed by atoms with van der Waals surface area (Å²) < 4.78 is 1.88. The summed E-state index contributed by atoms with van der Waals surface area (Å²) in [4.78, 5) is 0. The molecule has 2 N–H and O–H groups in total. The van der Waals surface area contributed by atoms with Crippen LogP contribution in [0, 0.1) is 5.92 Å². The summed E-state index contributed by atoms with van der Waals surface area (Å²) in [6.07, 6.45) is 6.06. The summed E-state index contributed by atoms with van der Waals surface area (Å²) in [6.45, 7) is 4.44. The van der Waals surface area contributed by atoms with Gasteiger partial charge >= 0.3 is 0 Å². The molecule has 3 nitrogen and oxygen atoms in total. The van der Waals surface area contributed by atoms with Crippen LogP contribution in [-0.2, 0) is 0 Å². The van der Waals surface area contributed by atoms with Crippen LogP contribution in [0.2, 0.25) is 0 Å². The van der Waals surface area contributed by atoms with Gasteiger partial charge in [-0.25, -0.2) is 4.68 Å². The molecule has 1 unspecified atom stereocenters. The highest BCUT2D eigenvalue weighted by Crippen LogP contribution is 2.19. The molecule has 2 rings (SSSR count). The Labute approximate surface area is 109 Å². The van der Waals surface area contributed by atoms with Gasteiger partial charge in [0, 0.05) is 17.8 Å². The van der Waals surface area contributed by atoms with E-state index in [1.165, 1.54) is 0 Å². The predicted molar refractivity (Wildman–Crippen MR) is 74.6 cm³/mol. The molecule has 0 radical (unpaired) electrons. The van der Waals surface area contributed by atoms with Gasteiger partial charge in [-0.15, -0.1) is 0 Å². The lowest BCUT2D eigenvalue weighted by Gasteiger charge is -2.10. The molecule has 0 aliphatic carbocycles. The van der Waals surface area contributed by atoms with Crippen LogP contribution in [0.1, 0.15) is 38.3 Å². The molecule has 1 atom stereocenters. The molecule has 0 spiro atoms. The number of hydrogen-bond donors (Lipinski definition) is 1. The minimum absolute atomic E-state index is 0.0878. The molecular weight excluding hydrogens is 222 g/mol. The quantitative estimate of drug-likeness (QED) is 0.875. The van der Waals surface area contributed by atoms with E-state index in [0.29, 0.717) is 5.92 Å². The van der Waals surface area contributed by atoms with Crippen molar-refractivity contribution >= 4 is 0 Å². The van der Waals surface area contributed by atoms with Crippen molar-refractivity contribution in [1.82, 2.24) is 9.78 Å². The normalized spacial score (nSPS) is 12.9. The van der Waals surface area contributed by atoms with Crippen molar-refractivity contribution in [3.8, 4) is 5.69 Å². The fourth-order valence-corrected chi connectivity index (χ4v) is 1.93. The molecule has 2 aromatic rings. The molecule has 1 aromatic heterocycles. The fraction of sp³-hybridized carbons (Fsp3) is 0.400. The van der Waals surface area contributed by atoms with E-state index in [-0.39, 0.29) is 6.04 Å². The van der Waals surface area contributed by atoms with Gasteiger partial charge in [0.1, 0.15) is 0 Å². The molecular formula is C15H21N3. The first-order chi connectivity index (χ1) is 8.66. The standard InChI is InChI=1S/C15H21N3/c1-12(2)8-9-15(16)13-10-17-18(11-13)14-6-4-3-5-7-14/h3-7,10-12,15H,8-9,16H2,1-2H3. The zero-order valence-corrected chi connectivity index (χ0v) is 11.1. The van der Waals surface area contributed by atoms with Crippen LogP contribution in [0.4, 0.5) is 0 Å². The van der Waals surface area contributed by atoms with Gasteiger partial charge in [-0.05, 0) is 30.9 Å². The minimum Gasteiger partial charge on any atom is -0.324 e. The second-order valence-electron chi connectivity index (χ2n) is 5.13. The average molecular weight is 243 g/mol. The van der Waals surface area contributed by atoms with Crippen LogP contribution in [0.3, 0.4) is 0 Å². The fourth-order valence-electron chi connectivity index (χ4n) is 1.93. The molecule has 1 heterocycles. The number of nitrogens with two attached hydrogens (primary N) is 1. The molecule has 0 fully saturated rings. The largest absolute Gasteiger partial charge is 0.324 e. The lowest BCUT2D eigenvalue weighted by molar-refractivity contribution is 0.507. The predicted octanol–water partition coefficient (Wildman–Crippen LogP) is 3.31. The zero-order chi connectivity index (χ0) is 13.0. The minimum atomic E-state index is 0.0878. The maximum atomic E-state index is 6.18. The molecule has 0 amide bonds. The Bertz CT molecular complexity index is 473. The maximum Gasteiger partial charge on any atom is 0.0645 e. The van der Waals surface area contributed by atoms with Gasteiger partial charge in [0.2, 0.25) is 0 Å². The molecule has 0 saturated heterocycles. The Balaban J connectivity index is 2.06. The van der Waals surface area contributed by atoms with Gasteiger partial charge in [0.05, 0.1) is 11.9 Å². The zero-order valence-electron chi connectivity index (χ0n) is 11.1. The van der Waals surface area contributed by atoms with Gasteiger partial charge in [-0.1, -0.05) is 32.0 Å². The van der Waals surface area contributed by atoms with Crippen molar-refractivity contribution in [3.63, 3.8) is 0 Å². The summed E-state index contributed by atoms with van der Waals surface area (Å²) in [6, 6.07) is 10.2. The number of nitrogens with zero attached hydrogens (tertiary/aromatic N) is 2. The summed E-state index contributed by atoms with van der Waals surface area (Å²) >= 11 is 0. The maximum absolute atomic E-state index is 6.18. The SMILES string of the molecule is CC(C)CCC(N)c1cnn(-c2ccccc2)c1. The molecule has 0 aliphatic rings. The Kier molecular flexibility index (Phi) is 4.15. The van der Waals surface area contributed by atoms with Gasteiger partial charge in [-0.3, -0.25) is 0 Å². The van der Waals surface area contributed by atoms with Crippen LogP contribution in [0.25, 0.3) is 5.69 Å². The van der Waals surface area contributed by atoms with E-state index < -0.39 is 0 Å². The van der Waals surface area contributed by atoms with Gasteiger partial charge in [0.25, 0.3) is 0 Å². The highest BCUT2D eigenvalue weighted by Gasteiger charge is 2.10. The van der Waals surface area contributed by atoms with Crippen LogP contribution in [0.15, 0.2) is 42.7 Å². The number of benzene rings is 1. The van der Waals surface area contributed by atoms with Crippen LogP contribution in [0.5, 0.6) is 0 Å². The van der Waals surface area contributed by atoms with Crippen LogP contribution < -0.4 is 5.73 Å². The lowest BCUT2D eigenvalue weighted by atomic mass is 10.0. The number of aromatic nitrogens is 2. The van der Waals surface area contributed by atoms with Crippen molar-refractivity contribution < 1.29 is 0 Å². The first-order valence-electron chi connectivity index (χ1n) is 6.52. The van der Waals surface area contributed by atoms with Crippen LogP contribution in [-0.4, -0.2) is 9.78 Å². The first-order valence-corrected chi connectivity index (χ1v) is 6.52. The van der Waals surface area contributed by atoms with Crippen molar-refractivity contribution in [2.45, 2.75) is 32.7 Å². The Hall–Kier alpha value is -1.61. The van der Waals surface area contributed by atoms with Gasteiger partial charge in [-0.2, -0.15) is 5.10 Å². The number of rotatable bonds is 5. The molecule has 1 aromatic carbocycles. The van der Waals surface area contributed by atoms with E-state index in [2.05, 4.69) is 18.9 Å². The molecule has 18 heavy (non-hydrogen) atoms. The van der Waals surface area contributed by atoms with Crippen molar-refractivity contribution in [3.05, 3.63) is 48.3 Å². The summed E-state index contributed by atoms with van der Waals surface area (Å²) in [7, 11) is 0. The summed E-state index contributed by atoms with van der Waals surface area (Å²) in [5.41, 5.74) is 8.36. The Morgan fingerprint density at radius 3 is 2.56 bits per heavy atom. The monoisotopic (exact) mass is 243 g/mol. The second kappa shape index (κ2) is 5.83. The van der Waals surface area contributed by atoms with Crippen molar-refractivity contribution in [2.24, 2.45) is 11.7 Å². The topological polar surface area (TPSA) is 43.8 Å². The third-order valence-corrected chi connectivity index (χ3v) is 3.11. The van der Waals surface area contributed by atoms with E-state index in [1.807, 2.05) is 47.4 Å². The van der Waals surface area contributed by atoms with Gasteiger partial charge < -0.3 is 5.73 Å². The van der Waals surface area contributed by atoms with Crippen molar-refractivity contribution in [2.75, 3.05) is 0 Å². The Morgan fingerprint density at radius 1 is 1.17 bits per heavy atom. The third kappa shape index (κ3) is 3.20. The van der Waals surface area contributed by atoms with E-state index >= 15 is 0 Å².